The average Bonchev–Trinajstić information content (AvgIpc) is 2.90. The fraction of sp³-hybridized carbons (Fsp3) is 0.267. The molecule has 0 aliphatic carbocycles. The number of rotatable bonds is 6. The molecule has 22 heavy (non-hydrogen) atoms. The summed E-state index contributed by atoms with van der Waals surface area (Å²) in [5.41, 5.74) is 1.01. The van der Waals surface area contributed by atoms with Gasteiger partial charge in [-0.05, 0) is 42.1 Å². The van der Waals surface area contributed by atoms with Crippen molar-refractivity contribution in [2.24, 2.45) is 0 Å². The van der Waals surface area contributed by atoms with Crippen LogP contribution in [0.1, 0.15) is 16.5 Å². The molecule has 0 bridgehead atoms. The Hall–Kier alpha value is -1.27. The van der Waals surface area contributed by atoms with Gasteiger partial charge in [-0.2, -0.15) is 0 Å². The molecule has 0 aliphatic rings. The Bertz CT molecular complexity index is 660. The van der Waals surface area contributed by atoms with Crippen LogP contribution >= 0.6 is 34.5 Å². The van der Waals surface area contributed by atoms with E-state index in [2.05, 4.69) is 5.32 Å². The predicted molar refractivity (Wildman–Crippen MR) is 89.0 cm³/mol. The lowest BCUT2D eigenvalue weighted by molar-refractivity contribution is -0.123. The minimum absolute atomic E-state index is 0.137. The highest BCUT2D eigenvalue weighted by Crippen LogP contribution is 2.27. The number of carbonyl (C=O) groups is 1. The number of hydrogen-bond donors (Lipinski definition) is 2. The summed E-state index contributed by atoms with van der Waals surface area (Å²) < 4.78 is 5.32. The lowest BCUT2D eigenvalue weighted by Crippen LogP contribution is -2.32. The van der Waals surface area contributed by atoms with Gasteiger partial charge in [-0.1, -0.05) is 23.2 Å². The Morgan fingerprint density at radius 2 is 2.18 bits per heavy atom. The number of amides is 1. The van der Waals surface area contributed by atoms with Gasteiger partial charge in [0.25, 0.3) is 5.91 Å². The largest absolute Gasteiger partial charge is 0.482 e. The van der Waals surface area contributed by atoms with Crippen LogP contribution in [0, 0.1) is 6.92 Å². The predicted octanol–water partition coefficient (Wildman–Crippen LogP) is 3.59. The van der Waals surface area contributed by atoms with Crippen LogP contribution in [-0.4, -0.2) is 24.2 Å². The van der Waals surface area contributed by atoms with Crippen LogP contribution in [0.2, 0.25) is 10.0 Å². The van der Waals surface area contributed by atoms with E-state index in [0.29, 0.717) is 15.8 Å². The summed E-state index contributed by atoms with van der Waals surface area (Å²) in [6, 6.07) is 6.70. The molecule has 4 nitrogen and oxygen atoms in total. The monoisotopic (exact) mass is 359 g/mol. The van der Waals surface area contributed by atoms with E-state index in [1.54, 1.807) is 18.2 Å². The van der Waals surface area contributed by atoms with E-state index in [1.807, 2.05) is 18.4 Å². The fourth-order valence-corrected chi connectivity index (χ4v) is 3.19. The Morgan fingerprint density at radius 1 is 1.41 bits per heavy atom. The number of nitrogens with one attached hydrogen (secondary N) is 1. The van der Waals surface area contributed by atoms with Crippen molar-refractivity contribution in [3.63, 3.8) is 0 Å². The van der Waals surface area contributed by atoms with Crippen molar-refractivity contribution < 1.29 is 14.6 Å². The quantitative estimate of drug-likeness (QED) is 0.828. The van der Waals surface area contributed by atoms with Crippen molar-refractivity contribution in [3.8, 4) is 5.75 Å². The van der Waals surface area contributed by atoms with Crippen LogP contribution in [0.15, 0.2) is 29.6 Å². The number of aryl methyl sites for hydroxylation is 1. The van der Waals surface area contributed by atoms with Crippen LogP contribution in [0.3, 0.4) is 0 Å². The maximum atomic E-state index is 11.7. The first-order chi connectivity index (χ1) is 10.5. The molecule has 1 unspecified atom stereocenters. The summed E-state index contributed by atoms with van der Waals surface area (Å²) in [5.74, 6) is 0.0511. The molecule has 1 aromatic carbocycles. The normalized spacial score (nSPS) is 12.0. The molecule has 0 saturated heterocycles. The molecule has 2 aromatic rings. The summed E-state index contributed by atoms with van der Waals surface area (Å²) in [4.78, 5) is 12.6. The topological polar surface area (TPSA) is 58.6 Å². The van der Waals surface area contributed by atoms with Crippen molar-refractivity contribution in [1.82, 2.24) is 5.32 Å². The van der Waals surface area contributed by atoms with Gasteiger partial charge in [0.1, 0.15) is 11.9 Å². The number of ether oxygens (including phenoxy) is 1. The Kier molecular flexibility index (Phi) is 6.08. The van der Waals surface area contributed by atoms with Crippen LogP contribution in [0.25, 0.3) is 0 Å². The Balaban J connectivity index is 1.80. The SMILES string of the molecule is Cc1ccsc1C(O)CNC(=O)COc1ccc(Cl)cc1Cl. The summed E-state index contributed by atoms with van der Waals surface area (Å²) in [6.07, 6.45) is -0.719. The molecular weight excluding hydrogens is 345 g/mol. The molecule has 2 rings (SSSR count). The van der Waals surface area contributed by atoms with Crippen molar-refractivity contribution in [3.05, 3.63) is 50.1 Å². The molecule has 0 saturated carbocycles. The first kappa shape index (κ1) is 17.1. The number of aliphatic hydroxyl groups excluding tert-OH is 1. The Morgan fingerprint density at radius 3 is 2.82 bits per heavy atom. The molecule has 0 spiro atoms. The van der Waals surface area contributed by atoms with Gasteiger partial charge in [-0.15, -0.1) is 11.3 Å². The standard InChI is InChI=1S/C15H15Cl2NO3S/c1-9-4-5-22-15(9)12(19)7-18-14(20)8-21-13-3-2-10(16)6-11(13)17/h2-6,12,19H,7-8H2,1H3,(H,18,20). The van der Waals surface area contributed by atoms with Gasteiger partial charge < -0.3 is 15.2 Å². The second-order valence-electron chi connectivity index (χ2n) is 4.65. The summed E-state index contributed by atoms with van der Waals surface area (Å²) in [5, 5.41) is 15.4. The second-order valence-corrected chi connectivity index (χ2v) is 6.44. The summed E-state index contributed by atoms with van der Waals surface area (Å²) in [6.45, 7) is 1.87. The minimum atomic E-state index is -0.719. The zero-order valence-corrected chi connectivity index (χ0v) is 14.1. The highest BCUT2D eigenvalue weighted by atomic mass is 35.5. The third-order valence-corrected chi connectivity index (χ3v) is 4.60. The van der Waals surface area contributed by atoms with Crippen LogP contribution < -0.4 is 10.1 Å². The van der Waals surface area contributed by atoms with Crippen molar-refractivity contribution in [1.29, 1.82) is 0 Å². The molecular formula is C15H15Cl2NO3S. The third-order valence-electron chi connectivity index (χ3n) is 2.95. The lowest BCUT2D eigenvalue weighted by Gasteiger charge is -2.12. The second kappa shape index (κ2) is 7.83. The number of thiophene rings is 1. The molecule has 1 atom stereocenters. The molecule has 7 heteroatoms. The van der Waals surface area contributed by atoms with Crippen molar-refractivity contribution in [2.45, 2.75) is 13.0 Å². The number of carbonyl (C=O) groups excluding carboxylic acids is 1. The number of aliphatic hydroxyl groups is 1. The van der Waals surface area contributed by atoms with Crippen molar-refractivity contribution >= 4 is 40.4 Å². The number of benzene rings is 1. The van der Waals surface area contributed by atoms with Gasteiger partial charge in [0, 0.05) is 16.4 Å². The van der Waals surface area contributed by atoms with E-state index in [-0.39, 0.29) is 19.1 Å². The maximum Gasteiger partial charge on any atom is 0.258 e. The van der Waals surface area contributed by atoms with E-state index in [0.717, 1.165) is 10.4 Å². The van der Waals surface area contributed by atoms with E-state index >= 15 is 0 Å². The van der Waals surface area contributed by atoms with Gasteiger partial charge >= 0.3 is 0 Å². The highest BCUT2D eigenvalue weighted by molar-refractivity contribution is 7.10. The molecule has 118 valence electrons. The van der Waals surface area contributed by atoms with Crippen LogP contribution in [0.5, 0.6) is 5.75 Å². The molecule has 1 amide bonds. The smallest absolute Gasteiger partial charge is 0.258 e. The molecule has 0 fully saturated rings. The minimum Gasteiger partial charge on any atom is -0.482 e. The first-order valence-electron chi connectivity index (χ1n) is 6.54. The Labute approximate surface area is 142 Å². The molecule has 1 heterocycles. The van der Waals surface area contributed by atoms with Crippen LogP contribution in [0.4, 0.5) is 0 Å². The van der Waals surface area contributed by atoms with Gasteiger partial charge in [0.15, 0.2) is 6.61 Å². The maximum absolute atomic E-state index is 11.7. The zero-order chi connectivity index (χ0) is 16.1. The zero-order valence-electron chi connectivity index (χ0n) is 11.8. The summed E-state index contributed by atoms with van der Waals surface area (Å²) in [7, 11) is 0. The third kappa shape index (κ3) is 4.61. The fourth-order valence-electron chi connectivity index (χ4n) is 1.82. The molecule has 0 aliphatic heterocycles. The van der Waals surface area contributed by atoms with Gasteiger partial charge in [-0.25, -0.2) is 0 Å². The van der Waals surface area contributed by atoms with Crippen molar-refractivity contribution in [2.75, 3.05) is 13.2 Å². The van der Waals surface area contributed by atoms with E-state index in [4.69, 9.17) is 27.9 Å². The molecule has 2 N–H and O–H groups in total. The first-order valence-corrected chi connectivity index (χ1v) is 8.17. The van der Waals surface area contributed by atoms with Gasteiger partial charge in [0.05, 0.1) is 5.02 Å². The lowest BCUT2D eigenvalue weighted by atomic mass is 10.2. The highest BCUT2D eigenvalue weighted by Gasteiger charge is 2.13. The van der Waals surface area contributed by atoms with E-state index in [1.165, 1.54) is 11.3 Å². The average molecular weight is 360 g/mol. The molecule has 1 aromatic heterocycles. The van der Waals surface area contributed by atoms with Crippen LogP contribution in [-0.2, 0) is 4.79 Å². The van der Waals surface area contributed by atoms with E-state index in [9.17, 15) is 9.90 Å². The van der Waals surface area contributed by atoms with Gasteiger partial charge in [-0.3, -0.25) is 4.79 Å². The summed E-state index contributed by atoms with van der Waals surface area (Å²) >= 11 is 13.2. The van der Waals surface area contributed by atoms with Gasteiger partial charge in [0.2, 0.25) is 0 Å². The number of hydrogen-bond acceptors (Lipinski definition) is 4. The van der Waals surface area contributed by atoms with E-state index < -0.39 is 6.10 Å². The number of halogens is 2. The molecule has 0 radical (unpaired) electrons.